The highest BCUT2D eigenvalue weighted by molar-refractivity contribution is 6.00. The zero-order chi connectivity index (χ0) is 21.3. The minimum atomic E-state index is -0.680. The maximum absolute atomic E-state index is 15.0. The summed E-state index contributed by atoms with van der Waals surface area (Å²) < 4.78 is 26.7. The Morgan fingerprint density at radius 2 is 1.83 bits per heavy atom. The van der Waals surface area contributed by atoms with Crippen molar-refractivity contribution in [1.29, 1.82) is 0 Å². The van der Waals surface area contributed by atoms with Crippen molar-refractivity contribution in [3.8, 4) is 11.5 Å². The average molecular weight is 406 g/mol. The minimum absolute atomic E-state index is 0.00393. The lowest BCUT2D eigenvalue weighted by atomic mass is 9.99. The number of rotatable bonds is 5. The molecule has 0 saturated heterocycles. The molecule has 1 aromatic heterocycles. The molecule has 2 N–H and O–H groups in total. The lowest BCUT2D eigenvalue weighted by Gasteiger charge is -2.25. The summed E-state index contributed by atoms with van der Waals surface area (Å²) in [6, 6.07) is 11.3. The van der Waals surface area contributed by atoms with E-state index in [1.807, 2.05) is 0 Å². The van der Waals surface area contributed by atoms with Gasteiger partial charge in [0.1, 0.15) is 11.9 Å². The van der Waals surface area contributed by atoms with Crippen molar-refractivity contribution in [3.05, 3.63) is 88.5 Å². The van der Waals surface area contributed by atoms with Crippen LogP contribution in [0.5, 0.6) is 11.5 Å². The van der Waals surface area contributed by atoms with Crippen LogP contribution in [0.1, 0.15) is 49.9 Å². The van der Waals surface area contributed by atoms with E-state index in [-0.39, 0.29) is 30.1 Å². The van der Waals surface area contributed by atoms with E-state index >= 15 is 0 Å². The summed E-state index contributed by atoms with van der Waals surface area (Å²) in [5, 5.41) is 0. The number of aromatic nitrogens is 1. The first-order valence-electron chi connectivity index (χ1n) is 9.41. The van der Waals surface area contributed by atoms with E-state index in [0.717, 1.165) is 5.56 Å². The van der Waals surface area contributed by atoms with Gasteiger partial charge in [-0.05, 0) is 48.4 Å². The molecule has 2 aromatic carbocycles. The first-order valence-corrected chi connectivity index (χ1v) is 9.41. The number of hydrogen-bond acceptors (Lipinski definition) is 5. The number of Topliss-reactive ketones (excluding diaryl/α,β-unsaturated/α-hetero) is 1. The molecule has 0 saturated carbocycles. The van der Waals surface area contributed by atoms with Crippen LogP contribution in [0.25, 0.3) is 0 Å². The van der Waals surface area contributed by atoms with E-state index in [9.17, 15) is 14.0 Å². The summed E-state index contributed by atoms with van der Waals surface area (Å²) in [5.74, 6) is -0.985. The molecule has 1 amide bonds. The molecule has 0 aliphatic carbocycles. The van der Waals surface area contributed by atoms with E-state index < -0.39 is 17.8 Å². The second-order valence-electron chi connectivity index (χ2n) is 6.98. The van der Waals surface area contributed by atoms with E-state index in [2.05, 4.69) is 4.98 Å². The molecule has 4 rings (SSSR count). The molecule has 2 heterocycles. The van der Waals surface area contributed by atoms with Crippen LogP contribution in [-0.2, 0) is 0 Å². The number of carbonyl (C=O) groups is 2. The van der Waals surface area contributed by atoms with Gasteiger partial charge in [0.15, 0.2) is 17.3 Å². The zero-order valence-electron chi connectivity index (χ0n) is 16.2. The lowest BCUT2D eigenvalue weighted by molar-refractivity contribution is 0.0930. The third-order valence-electron chi connectivity index (χ3n) is 5.03. The van der Waals surface area contributed by atoms with Crippen LogP contribution in [-0.4, -0.2) is 23.3 Å². The normalized spacial score (nSPS) is 13.9. The van der Waals surface area contributed by atoms with Crippen LogP contribution in [0, 0.1) is 12.7 Å². The van der Waals surface area contributed by atoms with Crippen molar-refractivity contribution in [2.45, 2.75) is 19.4 Å². The second kappa shape index (κ2) is 7.94. The Bertz CT molecular complexity index is 1110. The van der Waals surface area contributed by atoms with Crippen molar-refractivity contribution >= 4 is 11.7 Å². The second-order valence-corrected chi connectivity index (χ2v) is 6.98. The van der Waals surface area contributed by atoms with Gasteiger partial charge >= 0.3 is 0 Å². The molecule has 6 nitrogen and oxygen atoms in total. The molecule has 30 heavy (non-hydrogen) atoms. The predicted octanol–water partition coefficient (Wildman–Crippen LogP) is 3.76. The first kappa shape index (κ1) is 19.6. The summed E-state index contributed by atoms with van der Waals surface area (Å²) in [7, 11) is 0. The highest BCUT2D eigenvalue weighted by Gasteiger charge is 2.27. The van der Waals surface area contributed by atoms with Crippen molar-refractivity contribution < 1.29 is 23.5 Å². The summed E-state index contributed by atoms with van der Waals surface area (Å²) >= 11 is 0. The van der Waals surface area contributed by atoms with Crippen LogP contribution >= 0.6 is 0 Å². The van der Waals surface area contributed by atoms with Crippen LogP contribution in [0.3, 0.4) is 0 Å². The fourth-order valence-electron chi connectivity index (χ4n) is 3.47. The number of amides is 1. The predicted molar refractivity (Wildman–Crippen MR) is 107 cm³/mol. The smallest absolute Gasteiger partial charge is 0.248 e. The fourth-order valence-corrected chi connectivity index (χ4v) is 3.47. The Balaban J connectivity index is 1.78. The maximum atomic E-state index is 15.0. The molecule has 0 unspecified atom stereocenters. The summed E-state index contributed by atoms with van der Waals surface area (Å²) in [5.41, 5.74) is 7.77. The number of carbonyl (C=O) groups excluding carboxylic acids is 2. The number of halogens is 1. The van der Waals surface area contributed by atoms with Gasteiger partial charge in [0.25, 0.3) is 0 Å². The number of nitrogens with two attached hydrogens (primary N) is 1. The summed E-state index contributed by atoms with van der Waals surface area (Å²) in [4.78, 5) is 27.5. The van der Waals surface area contributed by atoms with Crippen molar-refractivity contribution in [1.82, 2.24) is 4.98 Å². The van der Waals surface area contributed by atoms with Crippen LogP contribution in [0.4, 0.5) is 4.39 Å². The Morgan fingerprint density at radius 3 is 2.50 bits per heavy atom. The molecule has 1 aliphatic rings. The monoisotopic (exact) mass is 406 g/mol. The number of ketones is 1. The zero-order valence-corrected chi connectivity index (χ0v) is 16.2. The molecule has 0 bridgehead atoms. The Kier molecular flexibility index (Phi) is 5.18. The minimum Gasteiger partial charge on any atom is -0.492 e. The number of hydrogen-bond donors (Lipinski definition) is 1. The molecule has 0 fully saturated rings. The standard InChI is InChI=1S/C23H19FN2O4/c1-13-20-17(19(27)8-11-29-20)12-18(24)21(13)30-22(15-6-9-26-10-7-15)14-2-4-16(5-3-14)23(25)28/h2-7,9-10,12,22H,8,11H2,1H3,(H2,25,28)/t22-/m0/s1. The Labute approximate surface area is 172 Å². The van der Waals surface area contributed by atoms with Crippen molar-refractivity contribution in [2.75, 3.05) is 6.61 Å². The molecular weight excluding hydrogens is 387 g/mol. The van der Waals surface area contributed by atoms with Gasteiger partial charge in [-0.3, -0.25) is 14.6 Å². The summed E-state index contributed by atoms with van der Waals surface area (Å²) in [6.45, 7) is 1.91. The van der Waals surface area contributed by atoms with Crippen molar-refractivity contribution in [2.24, 2.45) is 5.73 Å². The van der Waals surface area contributed by atoms with E-state index in [4.69, 9.17) is 15.2 Å². The number of pyridine rings is 1. The lowest BCUT2D eigenvalue weighted by Crippen LogP contribution is -2.18. The number of nitrogens with zero attached hydrogens (tertiary/aromatic N) is 1. The van der Waals surface area contributed by atoms with Crippen LogP contribution < -0.4 is 15.2 Å². The third-order valence-corrected chi connectivity index (χ3v) is 5.03. The van der Waals surface area contributed by atoms with Gasteiger partial charge in [0.05, 0.1) is 12.2 Å². The topological polar surface area (TPSA) is 91.5 Å². The van der Waals surface area contributed by atoms with Gasteiger partial charge in [0.2, 0.25) is 5.91 Å². The highest BCUT2D eigenvalue weighted by Crippen LogP contribution is 2.40. The third kappa shape index (κ3) is 3.61. The first-order chi connectivity index (χ1) is 14.5. The number of benzene rings is 2. The van der Waals surface area contributed by atoms with Gasteiger partial charge in [0, 0.05) is 29.9 Å². The number of ether oxygens (including phenoxy) is 2. The number of fused-ring (bicyclic) bond motifs is 1. The molecular formula is C23H19FN2O4. The van der Waals surface area contributed by atoms with E-state index in [1.165, 1.54) is 6.07 Å². The van der Waals surface area contributed by atoms with Gasteiger partial charge in [-0.15, -0.1) is 0 Å². The molecule has 1 aliphatic heterocycles. The molecule has 3 aromatic rings. The van der Waals surface area contributed by atoms with E-state index in [1.54, 1.807) is 55.7 Å². The van der Waals surface area contributed by atoms with Crippen molar-refractivity contribution in [3.63, 3.8) is 0 Å². The number of primary amides is 1. The molecule has 7 heteroatoms. The van der Waals surface area contributed by atoms with Gasteiger partial charge in [-0.25, -0.2) is 4.39 Å². The SMILES string of the molecule is Cc1c(O[C@H](c2ccncc2)c2ccc(C(N)=O)cc2)c(F)cc2c1OCCC2=O. The highest BCUT2D eigenvalue weighted by atomic mass is 19.1. The fraction of sp³-hybridized carbons (Fsp3) is 0.174. The van der Waals surface area contributed by atoms with E-state index in [0.29, 0.717) is 22.4 Å². The molecule has 0 radical (unpaired) electrons. The molecule has 0 spiro atoms. The largest absolute Gasteiger partial charge is 0.492 e. The Hall–Kier alpha value is -3.74. The van der Waals surface area contributed by atoms with Gasteiger partial charge < -0.3 is 15.2 Å². The molecule has 152 valence electrons. The van der Waals surface area contributed by atoms with Crippen LogP contribution in [0.2, 0.25) is 0 Å². The van der Waals surface area contributed by atoms with Crippen LogP contribution in [0.15, 0.2) is 54.9 Å². The Morgan fingerprint density at radius 1 is 1.17 bits per heavy atom. The molecule has 1 atom stereocenters. The quantitative estimate of drug-likeness (QED) is 0.697. The van der Waals surface area contributed by atoms with Gasteiger partial charge in [-0.1, -0.05) is 12.1 Å². The maximum Gasteiger partial charge on any atom is 0.248 e. The summed E-state index contributed by atoms with van der Waals surface area (Å²) in [6.07, 6.45) is 2.76. The van der Waals surface area contributed by atoms with Gasteiger partial charge in [-0.2, -0.15) is 0 Å². The average Bonchev–Trinajstić information content (AvgIpc) is 2.75.